The summed E-state index contributed by atoms with van der Waals surface area (Å²) >= 11 is 3.69. The van der Waals surface area contributed by atoms with E-state index in [4.69, 9.17) is 11.7 Å². The Labute approximate surface area is 100 Å². The molecule has 0 saturated heterocycles. The topological polar surface area (TPSA) is 37.3 Å². The average molecular weight is 389 g/mol. The number of carbonyl (C=O) groups is 1. The van der Waals surface area contributed by atoms with Gasteiger partial charge in [-0.15, -0.1) is 0 Å². The number of Topliss-reactive ketones (excluding diaryl/α,β-unsaturated/α-hetero) is 1. The van der Waals surface area contributed by atoms with E-state index in [2.05, 4.69) is 28.3 Å². The van der Waals surface area contributed by atoms with Crippen LogP contribution in [-0.4, -0.2) is 26.6 Å². The van der Waals surface area contributed by atoms with Crippen LogP contribution in [0.4, 0.5) is 0 Å². The Balaban J connectivity index is -0.000000117. The SMILES string of the molecule is CC(=O)CO.CC[C-]=[W].[CH-]=C[CH]=[V]. The van der Waals surface area contributed by atoms with Crippen molar-refractivity contribution in [3.8, 4) is 0 Å². The third kappa shape index (κ3) is 69.5. The van der Waals surface area contributed by atoms with Crippen molar-refractivity contribution >= 4 is 14.9 Å². The molecule has 0 aliphatic heterocycles. The summed E-state index contributed by atoms with van der Waals surface area (Å²) in [5.41, 5.74) is 0. The van der Waals surface area contributed by atoms with Crippen LogP contribution in [0.15, 0.2) is 6.08 Å². The van der Waals surface area contributed by atoms with Crippen molar-refractivity contribution in [2.75, 3.05) is 6.61 Å². The molecular weight excluding hydrogens is 375 g/mol. The molecule has 0 fully saturated rings. The number of rotatable bonds is 3. The molecule has 0 aliphatic rings. The van der Waals surface area contributed by atoms with Gasteiger partial charge >= 0.3 is 71.5 Å². The Morgan fingerprint density at radius 3 is 2.00 bits per heavy atom. The minimum absolute atomic E-state index is 0.190. The Kier molecular flexibility index (Phi) is 33.4. The summed E-state index contributed by atoms with van der Waals surface area (Å²) < 4.78 is 4.73. The number of hydrogen-bond acceptors (Lipinski definition) is 2. The molecular formula is C9H14O2VW-2. The Morgan fingerprint density at radius 1 is 1.77 bits per heavy atom. The van der Waals surface area contributed by atoms with Crippen molar-refractivity contribution in [3.05, 3.63) is 12.7 Å². The van der Waals surface area contributed by atoms with Gasteiger partial charge in [0, 0.05) is 0 Å². The minimum atomic E-state index is -0.333. The van der Waals surface area contributed by atoms with Gasteiger partial charge in [0.2, 0.25) is 0 Å². The Morgan fingerprint density at radius 2 is 2.00 bits per heavy atom. The summed E-state index contributed by atoms with van der Waals surface area (Å²) in [6.45, 7) is 7.92. The average Bonchev–Trinajstić information content (AvgIpc) is 2.18. The number of allylic oxidation sites excluding steroid dienone is 1. The van der Waals surface area contributed by atoms with Gasteiger partial charge in [0.15, 0.2) is 5.78 Å². The third-order valence-corrected chi connectivity index (χ3v) is 1.76. The fourth-order valence-electron chi connectivity index (χ4n) is 0. The van der Waals surface area contributed by atoms with Gasteiger partial charge in [0.05, 0.1) is 0 Å². The molecule has 0 aliphatic carbocycles. The predicted octanol–water partition coefficient (Wildman–Crippen LogP) is 0.515. The molecule has 0 heterocycles. The standard InChI is InChI=1S/C3H6O2.C3H5.C3H3.V.W/c1-3(5)2-4;2*1-3-2;;/h4H,2H2,1H3;3H2,1H3;1-3H;;/q;2*-1;;. The quantitative estimate of drug-likeness (QED) is 0.715. The first-order valence-corrected chi connectivity index (χ1v) is 5.84. The van der Waals surface area contributed by atoms with E-state index < -0.39 is 0 Å². The number of hydrogen-bond donors (Lipinski definition) is 1. The van der Waals surface area contributed by atoms with E-state index >= 15 is 0 Å². The van der Waals surface area contributed by atoms with E-state index in [9.17, 15) is 4.79 Å². The molecule has 0 saturated carbocycles. The Hall–Kier alpha value is 0.383. The molecule has 0 amide bonds. The molecule has 0 spiro atoms. The van der Waals surface area contributed by atoms with Crippen LogP contribution < -0.4 is 0 Å². The molecule has 0 bridgehead atoms. The molecule has 0 atom stereocenters. The number of carbonyl (C=O) groups excluding carboxylic acids is 1. The monoisotopic (exact) mass is 389 g/mol. The van der Waals surface area contributed by atoms with Crippen LogP contribution in [0, 0.1) is 6.58 Å². The number of ketones is 1. The fourth-order valence-corrected chi connectivity index (χ4v) is 0. The summed E-state index contributed by atoms with van der Waals surface area (Å²) in [5, 5.41) is 7.79. The van der Waals surface area contributed by atoms with Crippen LogP contribution in [0.5, 0.6) is 0 Å². The van der Waals surface area contributed by atoms with Crippen molar-refractivity contribution in [1.29, 1.82) is 0 Å². The first kappa shape index (κ1) is 19.0. The van der Waals surface area contributed by atoms with E-state index in [1.54, 1.807) is 4.73 Å². The van der Waals surface area contributed by atoms with Crippen molar-refractivity contribution in [2.24, 2.45) is 0 Å². The van der Waals surface area contributed by atoms with Crippen LogP contribution in [0.3, 0.4) is 0 Å². The second-order valence-corrected chi connectivity index (χ2v) is 3.20. The molecule has 0 aromatic heterocycles. The maximum atomic E-state index is 9.56. The summed E-state index contributed by atoms with van der Waals surface area (Å²) in [7, 11) is 0. The summed E-state index contributed by atoms with van der Waals surface area (Å²) in [6.07, 6.45) is 2.58. The molecule has 75 valence electrons. The van der Waals surface area contributed by atoms with E-state index in [-0.39, 0.29) is 12.4 Å². The summed E-state index contributed by atoms with van der Waals surface area (Å²) in [4.78, 5) is 9.56. The van der Waals surface area contributed by atoms with Crippen LogP contribution in [-0.2, 0) is 41.1 Å². The zero-order chi connectivity index (χ0) is 11.1. The zero-order valence-corrected chi connectivity index (χ0v) is 12.2. The fraction of sp³-hybridized carbons (Fsp3) is 0.444. The van der Waals surface area contributed by atoms with Crippen LogP contribution in [0.2, 0.25) is 0 Å². The van der Waals surface area contributed by atoms with Gasteiger partial charge < -0.3 is 5.11 Å². The first-order valence-electron chi connectivity index (χ1n) is 3.56. The predicted molar refractivity (Wildman–Crippen MR) is 48.0 cm³/mol. The zero-order valence-electron chi connectivity index (χ0n) is 7.86. The van der Waals surface area contributed by atoms with Crippen molar-refractivity contribution in [1.82, 2.24) is 0 Å². The molecule has 0 aromatic carbocycles. The molecule has 2 nitrogen and oxygen atoms in total. The third-order valence-electron chi connectivity index (χ3n) is 0.453. The molecule has 0 radical (unpaired) electrons. The number of aliphatic hydroxyl groups excluding tert-OH is 1. The van der Waals surface area contributed by atoms with E-state index in [1.807, 2.05) is 0 Å². The van der Waals surface area contributed by atoms with Crippen LogP contribution in [0.25, 0.3) is 0 Å². The number of aliphatic hydroxyl groups is 1. The molecule has 1 N–H and O–H groups in total. The van der Waals surface area contributed by atoms with Gasteiger partial charge in [-0.1, -0.05) is 0 Å². The molecule has 0 rings (SSSR count). The van der Waals surface area contributed by atoms with Gasteiger partial charge in [0.1, 0.15) is 6.61 Å². The van der Waals surface area contributed by atoms with Gasteiger partial charge in [-0.3, -0.25) is 4.79 Å². The summed E-state index contributed by atoms with van der Waals surface area (Å²) in [5.74, 6) is -0.190. The van der Waals surface area contributed by atoms with Crippen LogP contribution in [0.1, 0.15) is 20.3 Å². The first-order chi connectivity index (χ1) is 6.10. The van der Waals surface area contributed by atoms with E-state index in [0.29, 0.717) is 0 Å². The van der Waals surface area contributed by atoms with Crippen molar-refractivity contribution in [3.63, 3.8) is 0 Å². The maximum absolute atomic E-state index is 9.56. The van der Waals surface area contributed by atoms with Gasteiger partial charge in [-0.25, -0.2) is 0 Å². The van der Waals surface area contributed by atoms with Crippen LogP contribution >= 0.6 is 0 Å². The van der Waals surface area contributed by atoms with Crippen molar-refractivity contribution in [2.45, 2.75) is 20.3 Å². The van der Waals surface area contributed by atoms with Gasteiger partial charge in [-0.05, 0) is 6.92 Å². The molecule has 0 unspecified atom stereocenters. The van der Waals surface area contributed by atoms with E-state index in [1.165, 1.54) is 32.4 Å². The molecule has 0 aromatic rings. The van der Waals surface area contributed by atoms with Gasteiger partial charge in [0.25, 0.3) is 0 Å². The summed E-state index contributed by atoms with van der Waals surface area (Å²) in [6, 6.07) is 0. The second-order valence-electron chi connectivity index (χ2n) is 1.70. The Bertz CT molecular complexity index is 141. The second kappa shape index (κ2) is 22.8. The van der Waals surface area contributed by atoms with E-state index in [0.717, 1.165) is 6.42 Å². The molecule has 4 heteroatoms. The molecule has 13 heavy (non-hydrogen) atoms. The van der Waals surface area contributed by atoms with Crippen molar-refractivity contribution < 1.29 is 46.2 Å². The van der Waals surface area contributed by atoms with Gasteiger partial charge in [-0.2, -0.15) is 0 Å². The normalized spacial score (nSPS) is 6.31.